The molecule has 1 aliphatic carbocycles. The van der Waals surface area contributed by atoms with Crippen molar-refractivity contribution in [2.45, 2.75) is 64.2 Å². The molecule has 0 spiro atoms. The maximum atomic E-state index is 13.5. The fourth-order valence-electron chi connectivity index (χ4n) is 4.30. The van der Waals surface area contributed by atoms with E-state index in [9.17, 15) is 9.59 Å². The molecule has 2 aromatic rings. The molecule has 1 atom stereocenters. The zero-order valence-electron chi connectivity index (χ0n) is 20.6. The summed E-state index contributed by atoms with van der Waals surface area (Å²) >= 11 is 1.35. The van der Waals surface area contributed by atoms with Crippen molar-refractivity contribution in [3.63, 3.8) is 0 Å². The summed E-state index contributed by atoms with van der Waals surface area (Å²) in [7, 11) is 0. The van der Waals surface area contributed by atoms with Gasteiger partial charge in [-0.15, -0.1) is 0 Å². The number of carbonyl (C=O) groups excluding carboxylic acids is 2. The van der Waals surface area contributed by atoms with E-state index in [0.29, 0.717) is 29.6 Å². The molecule has 0 radical (unpaired) electrons. The number of thioether (sulfide) groups is 1. The number of hydrogen-bond acceptors (Lipinski definition) is 5. The van der Waals surface area contributed by atoms with Gasteiger partial charge in [-0.25, -0.2) is 4.99 Å². The van der Waals surface area contributed by atoms with Gasteiger partial charge in [-0.1, -0.05) is 61.4 Å². The SMILES string of the molecule is CCOc1ccc(N2C(=O)/C(=C/c3ccc(C)cc3)N=C2S[C@@H](CC)C(=O)NC2CCCC2)cc1. The number of anilines is 1. The Morgan fingerprint density at radius 1 is 1.14 bits per heavy atom. The van der Waals surface area contributed by atoms with Crippen molar-refractivity contribution < 1.29 is 14.3 Å². The molecular formula is C28H33N3O3S. The number of benzene rings is 2. The van der Waals surface area contributed by atoms with Crippen LogP contribution in [0, 0.1) is 6.92 Å². The maximum absolute atomic E-state index is 13.5. The van der Waals surface area contributed by atoms with E-state index in [1.54, 1.807) is 11.0 Å². The molecule has 2 aliphatic rings. The fraction of sp³-hybridized carbons (Fsp3) is 0.393. The molecular weight excluding hydrogens is 458 g/mol. The first-order chi connectivity index (χ1) is 17.0. The number of ether oxygens (including phenoxy) is 1. The Morgan fingerprint density at radius 2 is 1.83 bits per heavy atom. The number of amides is 2. The summed E-state index contributed by atoms with van der Waals surface area (Å²) in [6, 6.07) is 15.6. The second-order valence-corrected chi connectivity index (χ2v) is 10.1. The number of nitrogens with one attached hydrogen (secondary N) is 1. The van der Waals surface area contributed by atoms with Gasteiger partial charge in [0.15, 0.2) is 5.17 Å². The van der Waals surface area contributed by atoms with Gasteiger partial charge in [0, 0.05) is 6.04 Å². The van der Waals surface area contributed by atoms with Crippen LogP contribution < -0.4 is 15.0 Å². The predicted molar refractivity (Wildman–Crippen MR) is 144 cm³/mol. The number of aliphatic imine (C=N–C) groups is 1. The second-order valence-electron chi connectivity index (χ2n) is 8.91. The fourth-order valence-corrected chi connectivity index (χ4v) is 5.34. The molecule has 0 bridgehead atoms. The van der Waals surface area contributed by atoms with Gasteiger partial charge in [0.05, 0.1) is 17.5 Å². The van der Waals surface area contributed by atoms with E-state index < -0.39 is 0 Å². The minimum atomic E-state index is -0.328. The number of nitrogens with zero attached hydrogens (tertiary/aromatic N) is 2. The molecule has 1 N–H and O–H groups in total. The number of aryl methyl sites for hydroxylation is 1. The second kappa shape index (κ2) is 11.6. The summed E-state index contributed by atoms with van der Waals surface area (Å²) in [5.41, 5.74) is 3.12. The number of carbonyl (C=O) groups is 2. The van der Waals surface area contributed by atoms with Crippen LogP contribution in [0.1, 0.15) is 57.1 Å². The maximum Gasteiger partial charge on any atom is 0.283 e. The molecule has 2 aromatic carbocycles. The average Bonchev–Trinajstić information content (AvgIpc) is 3.47. The molecule has 35 heavy (non-hydrogen) atoms. The van der Waals surface area contributed by atoms with Gasteiger partial charge in [-0.05, 0) is 69.0 Å². The van der Waals surface area contributed by atoms with Gasteiger partial charge in [0.2, 0.25) is 5.91 Å². The van der Waals surface area contributed by atoms with E-state index in [1.165, 1.54) is 11.8 Å². The smallest absolute Gasteiger partial charge is 0.283 e. The Labute approximate surface area is 211 Å². The summed E-state index contributed by atoms with van der Waals surface area (Å²) in [6.45, 7) is 6.53. The van der Waals surface area contributed by atoms with Crippen LogP contribution in [0.25, 0.3) is 6.08 Å². The van der Waals surface area contributed by atoms with E-state index in [1.807, 2.05) is 69.3 Å². The standard InChI is InChI=1S/C28H33N3O3S/c1-4-25(26(32)29-21-8-6-7-9-21)35-28-30-24(18-20-12-10-19(3)11-13-20)27(33)31(28)22-14-16-23(17-15-22)34-5-2/h10-18,21,25H,4-9H2,1-3H3,(H,29,32)/b24-18-/t25-/m0/s1. The summed E-state index contributed by atoms with van der Waals surface area (Å²) in [4.78, 5) is 32.9. The zero-order valence-corrected chi connectivity index (χ0v) is 21.4. The van der Waals surface area contributed by atoms with Crippen LogP contribution in [0.3, 0.4) is 0 Å². The minimum Gasteiger partial charge on any atom is -0.494 e. The highest BCUT2D eigenvalue weighted by atomic mass is 32.2. The van der Waals surface area contributed by atoms with Gasteiger partial charge >= 0.3 is 0 Å². The lowest BCUT2D eigenvalue weighted by atomic mass is 10.1. The Morgan fingerprint density at radius 3 is 2.46 bits per heavy atom. The number of hydrogen-bond donors (Lipinski definition) is 1. The molecule has 1 saturated carbocycles. The largest absolute Gasteiger partial charge is 0.494 e. The van der Waals surface area contributed by atoms with Crippen LogP contribution in [0.5, 0.6) is 5.75 Å². The highest BCUT2D eigenvalue weighted by molar-refractivity contribution is 8.15. The lowest BCUT2D eigenvalue weighted by Crippen LogP contribution is -2.40. The van der Waals surface area contributed by atoms with Gasteiger partial charge in [0.1, 0.15) is 11.4 Å². The summed E-state index contributed by atoms with van der Waals surface area (Å²) < 4.78 is 5.56. The van der Waals surface area contributed by atoms with Crippen molar-refractivity contribution in [3.8, 4) is 5.75 Å². The van der Waals surface area contributed by atoms with Crippen LogP contribution >= 0.6 is 11.8 Å². The van der Waals surface area contributed by atoms with E-state index in [4.69, 9.17) is 9.73 Å². The molecule has 7 heteroatoms. The molecule has 2 amide bonds. The monoisotopic (exact) mass is 491 g/mol. The third kappa shape index (κ3) is 6.14. The lowest BCUT2D eigenvalue weighted by Gasteiger charge is -2.22. The normalized spacial score (nSPS) is 18.1. The van der Waals surface area contributed by atoms with E-state index in [-0.39, 0.29) is 23.1 Å². The first-order valence-corrected chi connectivity index (χ1v) is 13.3. The Balaban J connectivity index is 1.62. The van der Waals surface area contributed by atoms with Crippen molar-refractivity contribution in [1.82, 2.24) is 5.32 Å². The molecule has 0 saturated heterocycles. The van der Waals surface area contributed by atoms with Crippen LogP contribution in [-0.2, 0) is 9.59 Å². The van der Waals surface area contributed by atoms with Crippen LogP contribution in [0.15, 0.2) is 59.2 Å². The zero-order chi connectivity index (χ0) is 24.8. The molecule has 1 heterocycles. The van der Waals surface area contributed by atoms with Crippen molar-refractivity contribution in [1.29, 1.82) is 0 Å². The molecule has 4 rings (SSSR count). The van der Waals surface area contributed by atoms with Crippen molar-refractivity contribution in [2.24, 2.45) is 4.99 Å². The third-order valence-electron chi connectivity index (χ3n) is 6.23. The average molecular weight is 492 g/mol. The summed E-state index contributed by atoms with van der Waals surface area (Å²) in [5.74, 6) is 0.553. The van der Waals surface area contributed by atoms with Crippen LogP contribution in [0.4, 0.5) is 5.69 Å². The van der Waals surface area contributed by atoms with Gasteiger partial charge in [-0.3, -0.25) is 14.5 Å². The van der Waals surface area contributed by atoms with Gasteiger partial charge < -0.3 is 10.1 Å². The topological polar surface area (TPSA) is 71.0 Å². The van der Waals surface area contributed by atoms with Crippen LogP contribution in [0.2, 0.25) is 0 Å². The molecule has 0 aromatic heterocycles. The summed E-state index contributed by atoms with van der Waals surface area (Å²) in [5, 5.41) is 3.39. The molecule has 0 unspecified atom stereocenters. The van der Waals surface area contributed by atoms with Crippen molar-refractivity contribution >= 4 is 40.5 Å². The van der Waals surface area contributed by atoms with Gasteiger partial charge in [0.25, 0.3) is 5.91 Å². The first kappa shape index (κ1) is 25.0. The van der Waals surface area contributed by atoms with E-state index >= 15 is 0 Å². The first-order valence-electron chi connectivity index (χ1n) is 12.4. The van der Waals surface area contributed by atoms with E-state index in [0.717, 1.165) is 42.6 Å². The third-order valence-corrected chi connectivity index (χ3v) is 7.55. The summed E-state index contributed by atoms with van der Waals surface area (Å²) in [6.07, 6.45) is 6.84. The highest BCUT2D eigenvalue weighted by Crippen LogP contribution is 2.33. The highest BCUT2D eigenvalue weighted by Gasteiger charge is 2.35. The molecule has 1 aliphatic heterocycles. The van der Waals surface area contributed by atoms with Crippen LogP contribution in [-0.4, -0.2) is 34.9 Å². The van der Waals surface area contributed by atoms with Crippen molar-refractivity contribution in [3.05, 3.63) is 65.4 Å². The Bertz CT molecular complexity index is 1100. The Hall–Kier alpha value is -3.06. The van der Waals surface area contributed by atoms with E-state index in [2.05, 4.69) is 5.32 Å². The number of rotatable bonds is 8. The molecule has 6 nitrogen and oxygen atoms in total. The number of amidine groups is 1. The van der Waals surface area contributed by atoms with Crippen molar-refractivity contribution in [2.75, 3.05) is 11.5 Å². The Kier molecular flexibility index (Phi) is 8.29. The van der Waals surface area contributed by atoms with Gasteiger partial charge in [-0.2, -0.15) is 0 Å². The quantitative estimate of drug-likeness (QED) is 0.480. The predicted octanol–water partition coefficient (Wildman–Crippen LogP) is 5.71. The minimum absolute atomic E-state index is 0.0159. The molecule has 184 valence electrons. The molecule has 1 fully saturated rings. The lowest BCUT2D eigenvalue weighted by molar-refractivity contribution is -0.121.